The minimum Gasteiger partial charge on any atom is -0.403 e. The Morgan fingerprint density at radius 2 is 1.22 bits per heavy atom. The second-order valence-corrected chi connectivity index (χ2v) is 9.70. The van der Waals surface area contributed by atoms with Gasteiger partial charge in [0.2, 0.25) is 0 Å². The van der Waals surface area contributed by atoms with Crippen molar-refractivity contribution in [2.24, 2.45) is 5.73 Å². The third-order valence-corrected chi connectivity index (χ3v) is 6.64. The number of nitrogens with two attached hydrogens (primary N) is 1. The summed E-state index contributed by atoms with van der Waals surface area (Å²) in [5, 5.41) is 3.51. The fourth-order valence-electron chi connectivity index (χ4n) is 4.66. The first-order valence-corrected chi connectivity index (χ1v) is 12.6. The summed E-state index contributed by atoms with van der Waals surface area (Å²) < 4.78 is 0. The zero-order valence-electron chi connectivity index (χ0n) is 22.1. The van der Waals surface area contributed by atoms with E-state index in [0.717, 1.165) is 29.9 Å². The van der Waals surface area contributed by atoms with Crippen molar-refractivity contribution < 1.29 is 0 Å². The lowest BCUT2D eigenvalue weighted by molar-refractivity contribution is 0.846. The molecule has 0 bridgehead atoms. The van der Waals surface area contributed by atoms with Crippen LogP contribution < -0.4 is 16.0 Å². The molecule has 0 spiro atoms. The number of hydrogen-bond acceptors (Lipinski definition) is 3. The summed E-state index contributed by atoms with van der Waals surface area (Å²) >= 11 is 0. The molecule has 4 rings (SSSR count). The van der Waals surface area contributed by atoms with Gasteiger partial charge in [-0.3, -0.25) is 0 Å². The third-order valence-electron chi connectivity index (χ3n) is 6.64. The van der Waals surface area contributed by atoms with Crippen molar-refractivity contribution in [1.82, 2.24) is 5.32 Å². The molecule has 0 unspecified atom stereocenters. The lowest BCUT2D eigenvalue weighted by Gasteiger charge is -2.29. The van der Waals surface area contributed by atoms with Crippen LogP contribution in [0, 0.1) is 34.6 Å². The first kappa shape index (κ1) is 25.1. The van der Waals surface area contributed by atoms with Gasteiger partial charge >= 0.3 is 0 Å². The van der Waals surface area contributed by atoms with E-state index in [4.69, 9.17) is 5.73 Å². The highest BCUT2D eigenvalue weighted by Crippen LogP contribution is 2.39. The second-order valence-electron chi connectivity index (χ2n) is 9.70. The lowest BCUT2D eigenvalue weighted by Crippen LogP contribution is -2.17. The number of benzene rings is 4. The van der Waals surface area contributed by atoms with Gasteiger partial charge in [-0.2, -0.15) is 0 Å². The molecule has 3 heteroatoms. The van der Waals surface area contributed by atoms with Gasteiger partial charge in [0, 0.05) is 29.8 Å². The second kappa shape index (κ2) is 11.2. The van der Waals surface area contributed by atoms with Gasteiger partial charge in [0.05, 0.1) is 5.70 Å². The molecule has 184 valence electrons. The smallest absolute Gasteiger partial charge is 0.0571 e. The van der Waals surface area contributed by atoms with Crippen molar-refractivity contribution in [3.63, 3.8) is 0 Å². The van der Waals surface area contributed by atoms with Gasteiger partial charge in [0.1, 0.15) is 0 Å². The van der Waals surface area contributed by atoms with Crippen LogP contribution in [-0.4, -0.2) is 6.54 Å². The summed E-state index contributed by atoms with van der Waals surface area (Å²) in [6.45, 7) is 11.6. The number of anilines is 3. The summed E-state index contributed by atoms with van der Waals surface area (Å²) in [5.41, 5.74) is 19.2. The number of hydrogen-bond donors (Lipinski definition) is 2. The molecule has 0 atom stereocenters. The fourth-order valence-corrected chi connectivity index (χ4v) is 4.66. The van der Waals surface area contributed by atoms with Crippen LogP contribution in [0.3, 0.4) is 0 Å². The summed E-state index contributed by atoms with van der Waals surface area (Å²) in [5.74, 6) is 0. The Labute approximate surface area is 216 Å². The monoisotopic (exact) mass is 475 g/mol. The minimum atomic E-state index is 0.824. The summed E-state index contributed by atoms with van der Waals surface area (Å²) in [6.07, 6.45) is 2.61. The van der Waals surface area contributed by atoms with Gasteiger partial charge in [0.25, 0.3) is 0 Å². The molecule has 0 aliphatic heterocycles. The van der Waals surface area contributed by atoms with Crippen LogP contribution in [0.5, 0.6) is 0 Å². The number of rotatable bonds is 8. The normalized spacial score (nSPS) is 11.4. The van der Waals surface area contributed by atoms with Gasteiger partial charge < -0.3 is 16.0 Å². The standard InChI is InChI=1S/C33H37N3/c1-23-6-10-28(11-7-23)18-19-35-31(22-34)29-12-14-30(15-13-29)36(32-16-8-24(2)20-26(32)4)33-17-9-25(3)21-27(33)5/h6-17,20-22,35H,18-19,34H2,1-5H3/b31-22-. The predicted molar refractivity (Wildman–Crippen MR) is 155 cm³/mol. The maximum Gasteiger partial charge on any atom is 0.0571 e. The van der Waals surface area contributed by atoms with Crippen molar-refractivity contribution in [2.75, 3.05) is 11.4 Å². The maximum atomic E-state index is 6.02. The molecular formula is C33H37N3. The zero-order chi connectivity index (χ0) is 25.7. The Morgan fingerprint density at radius 3 is 1.72 bits per heavy atom. The van der Waals surface area contributed by atoms with E-state index in [0.29, 0.717) is 0 Å². The molecule has 4 aromatic carbocycles. The molecule has 3 nitrogen and oxygen atoms in total. The maximum absolute atomic E-state index is 6.02. The Balaban J connectivity index is 1.60. The predicted octanol–water partition coefficient (Wildman–Crippen LogP) is 7.79. The summed E-state index contributed by atoms with van der Waals surface area (Å²) in [6, 6.07) is 30.6. The van der Waals surface area contributed by atoms with Gasteiger partial charge in [0.15, 0.2) is 0 Å². The van der Waals surface area contributed by atoms with Crippen LogP contribution in [0.1, 0.15) is 38.9 Å². The van der Waals surface area contributed by atoms with E-state index in [1.54, 1.807) is 6.20 Å². The van der Waals surface area contributed by atoms with Crippen molar-refractivity contribution in [1.29, 1.82) is 0 Å². The average molecular weight is 476 g/mol. The van der Waals surface area contributed by atoms with Crippen LogP contribution in [-0.2, 0) is 6.42 Å². The highest BCUT2D eigenvalue weighted by atomic mass is 15.1. The fraction of sp³-hybridized carbons (Fsp3) is 0.212. The van der Waals surface area contributed by atoms with E-state index in [2.05, 4.69) is 130 Å². The van der Waals surface area contributed by atoms with E-state index in [9.17, 15) is 0 Å². The molecule has 0 saturated heterocycles. The van der Waals surface area contributed by atoms with E-state index in [1.807, 2.05) is 0 Å². The Kier molecular flexibility index (Phi) is 7.80. The Bertz CT molecular complexity index is 1300. The van der Waals surface area contributed by atoms with Crippen LogP contribution in [0.25, 0.3) is 5.70 Å². The van der Waals surface area contributed by atoms with E-state index < -0.39 is 0 Å². The van der Waals surface area contributed by atoms with E-state index >= 15 is 0 Å². The molecule has 0 radical (unpaired) electrons. The topological polar surface area (TPSA) is 41.3 Å². The first-order valence-electron chi connectivity index (χ1n) is 12.6. The molecule has 0 aliphatic rings. The zero-order valence-corrected chi connectivity index (χ0v) is 22.1. The molecule has 36 heavy (non-hydrogen) atoms. The van der Waals surface area contributed by atoms with Gasteiger partial charge in [-0.15, -0.1) is 0 Å². The van der Waals surface area contributed by atoms with Crippen molar-refractivity contribution in [3.05, 3.63) is 130 Å². The molecular weight excluding hydrogens is 438 g/mol. The number of aryl methyl sites for hydroxylation is 5. The van der Waals surface area contributed by atoms with Gasteiger partial charge in [-0.25, -0.2) is 0 Å². The first-order chi connectivity index (χ1) is 17.4. The van der Waals surface area contributed by atoms with Crippen LogP contribution >= 0.6 is 0 Å². The van der Waals surface area contributed by atoms with Gasteiger partial charge in [-0.1, -0.05) is 77.4 Å². The van der Waals surface area contributed by atoms with Gasteiger partial charge in [-0.05, 0) is 87.6 Å². The van der Waals surface area contributed by atoms with E-state index in [-0.39, 0.29) is 0 Å². The molecule has 0 amide bonds. The summed E-state index contributed by atoms with van der Waals surface area (Å²) in [4.78, 5) is 2.35. The molecule has 3 N–H and O–H groups in total. The molecule has 0 fully saturated rings. The third kappa shape index (κ3) is 5.80. The molecule has 0 heterocycles. The average Bonchev–Trinajstić information content (AvgIpc) is 2.86. The van der Waals surface area contributed by atoms with Crippen LogP contribution in [0.2, 0.25) is 0 Å². The van der Waals surface area contributed by atoms with Crippen molar-refractivity contribution >= 4 is 22.8 Å². The highest BCUT2D eigenvalue weighted by Gasteiger charge is 2.17. The summed E-state index contributed by atoms with van der Waals surface area (Å²) in [7, 11) is 0. The minimum absolute atomic E-state index is 0.824. The molecule has 4 aromatic rings. The van der Waals surface area contributed by atoms with Crippen molar-refractivity contribution in [2.45, 2.75) is 41.0 Å². The largest absolute Gasteiger partial charge is 0.403 e. The molecule has 0 aliphatic carbocycles. The quantitative estimate of drug-likeness (QED) is 0.273. The SMILES string of the molecule is Cc1ccc(CCN/C(=C\N)c2ccc(N(c3ccc(C)cc3C)c3ccc(C)cc3C)cc2)cc1. The highest BCUT2D eigenvalue weighted by molar-refractivity contribution is 5.81. The molecule has 0 aromatic heterocycles. The lowest BCUT2D eigenvalue weighted by atomic mass is 10.0. The van der Waals surface area contributed by atoms with Crippen molar-refractivity contribution in [3.8, 4) is 0 Å². The molecule has 0 saturated carbocycles. The van der Waals surface area contributed by atoms with Crippen LogP contribution in [0.15, 0.2) is 91.1 Å². The van der Waals surface area contributed by atoms with E-state index in [1.165, 1.54) is 44.8 Å². The Morgan fingerprint density at radius 1 is 0.694 bits per heavy atom. The number of nitrogens with zero attached hydrogens (tertiary/aromatic N) is 1. The van der Waals surface area contributed by atoms with Crippen LogP contribution in [0.4, 0.5) is 17.1 Å². The number of nitrogens with one attached hydrogen (secondary N) is 1. The Hall–Kier alpha value is -3.98.